The molecule has 1 aliphatic heterocycles. The van der Waals surface area contributed by atoms with E-state index in [2.05, 4.69) is 11.4 Å². The van der Waals surface area contributed by atoms with E-state index in [-0.39, 0.29) is 24.5 Å². The Labute approximate surface area is 153 Å². The van der Waals surface area contributed by atoms with Crippen molar-refractivity contribution >= 4 is 11.7 Å². The number of carbonyl (C=O) groups excluding carboxylic acids is 2. The van der Waals surface area contributed by atoms with Crippen LogP contribution in [-0.4, -0.2) is 31.4 Å². The van der Waals surface area contributed by atoms with Gasteiger partial charge in [-0.1, -0.05) is 29.8 Å². The summed E-state index contributed by atoms with van der Waals surface area (Å²) in [7, 11) is 0. The molecule has 0 saturated carbocycles. The first-order chi connectivity index (χ1) is 12.6. The van der Waals surface area contributed by atoms with Crippen molar-refractivity contribution in [2.45, 2.75) is 26.2 Å². The summed E-state index contributed by atoms with van der Waals surface area (Å²) in [6.45, 7) is 3.61. The zero-order valence-corrected chi connectivity index (χ0v) is 14.9. The van der Waals surface area contributed by atoms with E-state index >= 15 is 0 Å². The van der Waals surface area contributed by atoms with Crippen LogP contribution in [0.1, 0.15) is 34.3 Å². The molecule has 5 nitrogen and oxygen atoms in total. The van der Waals surface area contributed by atoms with Gasteiger partial charge in [0.05, 0.1) is 0 Å². The van der Waals surface area contributed by atoms with Crippen LogP contribution in [-0.2, 0) is 11.2 Å². The van der Waals surface area contributed by atoms with Gasteiger partial charge < -0.3 is 14.8 Å². The molecule has 2 aromatic rings. The lowest BCUT2D eigenvalue weighted by Gasteiger charge is -2.18. The maximum atomic E-state index is 12.3. The van der Waals surface area contributed by atoms with Crippen molar-refractivity contribution in [3.05, 3.63) is 59.2 Å². The molecule has 0 radical (unpaired) electrons. The van der Waals surface area contributed by atoms with Gasteiger partial charge in [-0.3, -0.25) is 9.59 Å². The molecular formula is C21H23NO4. The predicted octanol–water partition coefficient (Wildman–Crippen LogP) is 3.09. The Morgan fingerprint density at radius 2 is 1.81 bits per heavy atom. The Kier molecular flexibility index (Phi) is 5.89. The van der Waals surface area contributed by atoms with E-state index in [9.17, 15) is 9.59 Å². The number of carbonyl (C=O) groups is 2. The molecule has 5 heteroatoms. The van der Waals surface area contributed by atoms with Crippen LogP contribution in [0.15, 0.2) is 42.5 Å². The molecule has 1 aliphatic rings. The molecule has 0 aromatic heterocycles. The highest BCUT2D eigenvalue weighted by molar-refractivity contribution is 5.98. The van der Waals surface area contributed by atoms with Gasteiger partial charge in [-0.05, 0) is 37.1 Å². The van der Waals surface area contributed by atoms with Crippen LogP contribution in [0.4, 0.5) is 0 Å². The average Bonchev–Trinajstić information content (AvgIpc) is 2.66. The van der Waals surface area contributed by atoms with E-state index in [1.165, 1.54) is 11.1 Å². The molecule has 0 spiro atoms. The van der Waals surface area contributed by atoms with Crippen molar-refractivity contribution in [3.8, 4) is 11.5 Å². The molecule has 26 heavy (non-hydrogen) atoms. The third-order valence-corrected chi connectivity index (χ3v) is 4.26. The summed E-state index contributed by atoms with van der Waals surface area (Å²) in [5.74, 6) is 1.06. The zero-order valence-electron chi connectivity index (χ0n) is 14.9. The van der Waals surface area contributed by atoms with E-state index in [0.717, 1.165) is 6.42 Å². The first kappa shape index (κ1) is 18.0. The number of Topliss-reactive ketones (excluding diaryl/α,β-unsaturated/α-hetero) is 1. The van der Waals surface area contributed by atoms with Gasteiger partial charge >= 0.3 is 0 Å². The Morgan fingerprint density at radius 3 is 2.62 bits per heavy atom. The molecule has 0 saturated heterocycles. The topological polar surface area (TPSA) is 64.6 Å². The van der Waals surface area contributed by atoms with Gasteiger partial charge in [0.25, 0.3) is 0 Å². The number of fused-ring (bicyclic) bond motifs is 1. The molecule has 136 valence electrons. The van der Waals surface area contributed by atoms with Crippen molar-refractivity contribution in [2.24, 2.45) is 0 Å². The second kappa shape index (κ2) is 8.52. The van der Waals surface area contributed by atoms with Gasteiger partial charge in [-0.15, -0.1) is 0 Å². The van der Waals surface area contributed by atoms with Gasteiger partial charge in [0.15, 0.2) is 17.3 Å². The van der Waals surface area contributed by atoms with Crippen LogP contribution in [0.3, 0.4) is 0 Å². The smallest absolute Gasteiger partial charge is 0.220 e. The van der Waals surface area contributed by atoms with Gasteiger partial charge in [0.1, 0.15) is 13.2 Å². The van der Waals surface area contributed by atoms with Crippen LogP contribution in [0.25, 0.3) is 0 Å². The second-order valence-corrected chi connectivity index (χ2v) is 6.37. The van der Waals surface area contributed by atoms with Crippen LogP contribution < -0.4 is 14.8 Å². The number of rotatable bonds is 7. The minimum atomic E-state index is -0.108. The summed E-state index contributed by atoms with van der Waals surface area (Å²) in [6.07, 6.45) is 1.14. The summed E-state index contributed by atoms with van der Waals surface area (Å²) in [5.41, 5.74) is 2.94. The minimum absolute atomic E-state index is 0.0733. The molecule has 0 aliphatic carbocycles. The Morgan fingerprint density at radius 1 is 1.00 bits per heavy atom. The van der Waals surface area contributed by atoms with Crippen molar-refractivity contribution in [3.63, 3.8) is 0 Å². The lowest BCUT2D eigenvalue weighted by molar-refractivity contribution is -0.121. The Hall–Kier alpha value is -2.82. The number of ether oxygens (including phenoxy) is 2. The van der Waals surface area contributed by atoms with E-state index < -0.39 is 0 Å². The standard InChI is InChI=1S/C21H23NO4/c1-15-3-2-4-16(13-15)9-10-22-21(24)8-6-18(23)17-5-7-19-20(14-17)26-12-11-25-19/h2-5,7,13-14H,6,8-12H2,1H3,(H,22,24). The monoisotopic (exact) mass is 353 g/mol. The van der Waals surface area contributed by atoms with Crippen molar-refractivity contribution in [1.82, 2.24) is 5.32 Å². The normalized spacial score (nSPS) is 12.5. The quantitative estimate of drug-likeness (QED) is 0.777. The van der Waals surface area contributed by atoms with Crippen molar-refractivity contribution in [1.29, 1.82) is 0 Å². The highest BCUT2D eigenvalue weighted by atomic mass is 16.6. The maximum absolute atomic E-state index is 12.3. The largest absolute Gasteiger partial charge is 0.486 e. The number of benzene rings is 2. The first-order valence-electron chi connectivity index (χ1n) is 8.87. The van der Waals surface area contributed by atoms with Crippen molar-refractivity contribution < 1.29 is 19.1 Å². The Balaban J connectivity index is 1.43. The van der Waals surface area contributed by atoms with Crippen LogP contribution in [0.5, 0.6) is 11.5 Å². The molecule has 0 fully saturated rings. The molecule has 0 atom stereocenters. The van der Waals surface area contributed by atoms with Gasteiger partial charge in [-0.2, -0.15) is 0 Å². The molecule has 1 heterocycles. The molecule has 2 aromatic carbocycles. The summed E-state index contributed by atoms with van der Waals surface area (Å²) in [4.78, 5) is 24.3. The van der Waals surface area contributed by atoms with Crippen LogP contribution in [0.2, 0.25) is 0 Å². The molecule has 0 bridgehead atoms. The third-order valence-electron chi connectivity index (χ3n) is 4.26. The second-order valence-electron chi connectivity index (χ2n) is 6.37. The zero-order chi connectivity index (χ0) is 18.4. The maximum Gasteiger partial charge on any atom is 0.220 e. The molecule has 0 unspecified atom stereocenters. The lowest BCUT2D eigenvalue weighted by Crippen LogP contribution is -2.26. The molecule has 3 rings (SSSR count). The van der Waals surface area contributed by atoms with Crippen LogP contribution >= 0.6 is 0 Å². The van der Waals surface area contributed by atoms with Crippen molar-refractivity contribution in [2.75, 3.05) is 19.8 Å². The fourth-order valence-corrected chi connectivity index (χ4v) is 2.89. The summed E-state index contributed by atoms with van der Waals surface area (Å²) < 4.78 is 10.9. The SMILES string of the molecule is Cc1cccc(CCNC(=O)CCC(=O)c2ccc3c(c2)OCCO3)c1. The molecule has 1 amide bonds. The first-order valence-corrected chi connectivity index (χ1v) is 8.87. The van der Waals surface area contributed by atoms with Gasteiger partial charge in [0.2, 0.25) is 5.91 Å². The third kappa shape index (κ3) is 4.85. The summed E-state index contributed by atoms with van der Waals surface area (Å²) in [6, 6.07) is 13.4. The highest BCUT2D eigenvalue weighted by Crippen LogP contribution is 2.31. The molecule has 1 N–H and O–H groups in total. The van der Waals surface area contributed by atoms with E-state index in [0.29, 0.717) is 36.8 Å². The fourth-order valence-electron chi connectivity index (χ4n) is 2.89. The van der Waals surface area contributed by atoms with E-state index in [4.69, 9.17) is 9.47 Å². The van der Waals surface area contributed by atoms with Gasteiger partial charge in [-0.25, -0.2) is 0 Å². The number of hydrogen-bond donors (Lipinski definition) is 1. The fraction of sp³-hybridized carbons (Fsp3) is 0.333. The Bertz CT molecular complexity index is 800. The minimum Gasteiger partial charge on any atom is -0.486 e. The van der Waals surface area contributed by atoms with E-state index in [1.807, 2.05) is 25.1 Å². The van der Waals surface area contributed by atoms with Gasteiger partial charge in [0, 0.05) is 24.9 Å². The summed E-state index contributed by atoms with van der Waals surface area (Å²) >= 11 is 0. The van der Waals surface area contributed by atoms with Crippen LogP contribution in [0, 0.1) is 6.92 Å². The molecular weight excluding hydrogens is 330 g/mol. The number of ketones is 1. The summed E-state index contributed by atoms with van der Waals surface area (Å²) in [5, 5.41) is 2.87. The average molecular weight is 353 g/mol. The number of nitrogens with one attached hydrogen (secondary N) is 1. The highest BCUT2D eigenvalue weighted by Gasteiger charge is 2.15. The lowest BCUT2D eigenvalue weighted by atomic mass is 10.1. The van der Waals surface area contributed by atoms with E-state index in [1.54, 1.807) is 18.2 Å². The predicted molar refractivity (Wildman–Crippen MR) is 98.9 cm³/mol. The number of amides is 1. The number of hydrogen-bond acceptors (Lipinski definition) is 4. The number of aryl methyl sites for hydroxylation is 1.